The summed E-state index contributed by atoms with van der Waals surface area (Å²) in [5.41, 5.74) is 0.603. The van der Waals surface area contributed by atoms with Crippen LogP contribution in [-0.2, 0) is 14.6 Å². The molecule has 1 saturated heterocycles. The van der Waals surface area contributed by atoms with Gasteiger partial charge in [-0.3, -0.25) is 4.79 Å². The Morgan fingerprint density at radius 1 is 1.42 bits per heavy atom. The fourth-order valence-electron chi connectivity index (χ4n) is 2.30. The topological polar surface area (TPSA) is 96.3 Å². The summed E-state index contributed by atoms with van der Waals surface area (Å²) in [6.45, 7) is 3.96. The molecule has 1 fully saturated rings. The molecule has 1 aliphatic heterocycles. The molecule has 7 heteroatoms. The van der Waals surface area contributed by atoms with E-state index in [-0.39, 0.29) is 17.1 Å². The molecule has 0 radical (unpaired) electrons. The molecule has 24 heavy (non-hydrogen) atoms. The molecule has 1 N–H and O–H groups in total. The van der Waals surface area contributed by atoms with Crippen LogP contribution in [0.2, 0.25) is 0 Å². The van der Waals surface area contributed by atoms with Crippen molar-refractivity contribution in [3.05, 3.63) is 48.1 Å². The predicted molar refractivity (Wildman–Crippen MR) is 90.9 cm³/mol. The highest BCUT2D eigenvalue weighted by Gasteiger charge is 2.29. The largest absolute Gasteiger partial charge is 0.490 e. The number of nitriles is 1. The van der Waals surface area contributed by atoms with E-state index >= 15 is 0 Å². The number of benzene rings is 1. The summed E-state index contributed by atoms with van der Waals surface area (Å²) >= 11 is 0. The van der Waals surface area contributed by atoms with Crippen molar-refractivity contribution >= 4 is 21.8 Å². The minimum absolute atomic E-state index is 0.0652. The summed E-state index contributed by atoms with van der Waals surface area (Å²) < 4.78 is 28.2. The molecule has 1 aromatic carbocycles. The Balaban J connectivity index is 2.04. The molecule has 1 heterocycles. The highest BCUT2D eigenvalue weighted by Crippen LogP contribution is 2.16. The fourth-order valence-corrected chi connectivity index (χ4v) is 3.98. The normalized spacial score (nSPS) is 19.3. The van der Waals surface area contributed by atoms with Gasteiger partial charge in [-0.25, -0.2) is 8.42 Å². The predicted octanol–water partition coefficient (Wildman–Crippen LogP) is 1.46. The lowest BCUT2D eigenvalue weighted by atomic mass is 10.1. The van der Waals surface area contributed by atoms with Gasteiger partial charge >= 0.3 is 0 Å². The van der Waals surface area contributed by atoms with Crippen LogP contribution in [0.25, 0.3) is 6.08 Å². The second-order valence-electron chi connectivity index (χ2n) is 5.41. The van der Waals surface area contributed by atoms with Crippen molar-refractivity contribution < 1.29 is 17.9 Å². The highest BCUT2D eigenvalue weighted by atomic mass is 32.2. The maximum atomic E-state index is 12.1. The van der Waals surface area contributed by atoms with E-state index in [0.29, 0.717) is 24.3 Å². The van der Waals surface area contributed by atoms with Gasteiger partial charge < -0.3 is 10.1 Å². The molecular formula is C17H18N2O4S. The SMILES string of the molecule is C=CCOc1ccc(/C=C(\C#N)C(=O)NC2CCS(=O)(=O)C2)cc1. The van der Waals surface area contributed by atoms with Crippen LogP contribution in [-0.4, -0.2) is 38.5 Å². The van der Waals surface area contributed by atoms with Crippen LogP contribution in [0.4, 0.5) is 0 Å². The van der Waals surface area contributed by atoms with E-state index in [0.717, 1.165) is 0 Å². The quantitative estimate of drug-likeness (QED) is 0.478. The molecule has 1 unspecified atom stereocenters. The molecule has 1 aromatic rings. The number of amides is 1. The van der Waals surface area contributed by atoms with Crippen LogP contribution < -0.4 is 10.1 Å². The summed E-state index contributed by atoms with van der Waals surface area (Å²) in [7, 11) is -3.08. The average Bonchev–Trinajstić information content (AvgIpc) is 2.90. The Morgan fingerprint density at radius 2 is 2.12 bits per heavy atom. The number of ether oxygens (including phenoxy) is 1. The Labute approximate surface area is 141 Å². The molecule has 0 aliphatic carbocycles. The Kier molecular flexibility index (Phi) is 5.77. The third kappa shape index (κ3) is 4.96. The molecule has 0 spiro atoms. The molecule has 2 rings (SSSR count). The second kappa shape index (κ2) is 7.79. The van der Waals surface area contributed by atoms with Gasteiger partial charge in [-0.15, -0.1) is 0 Å². The lowest BCUT2D eigenvalue weighted by Crippen LogP contribution is -2.36. The first kappa shape index (κ1) is 17.8. The molecule has 0 bridgehead atoms. The van der Waals surface area contributed by atoms with Crippen molar-refractivity contribution in [3.8, 4) is 11.8 Å². The number of hydrogen-bond donors (Lipinski definition) is 1. The molecule has 1 aliphatic rings. The van der Waals surface area contributed by atoms with Crippen molar-refractivity contribution in [3.63, 3.8) is 0 Å². The monoisotopic (exact) mass is 346 g/mol. The van der Waals surface area contributed by atoms with Crippen molar-refractivity contribution in [2.75, 3.05) is 18.1 Å². The standard InChI is InChI=1S/C17H18N2O4S/c1-2-8-23-16-5-3-13(4-6-16)10-14(11-18)17(20)19-15-7-9-24(21,22)12-15/h2-6,10,15H,1,7-9,12H2,(H,19,20)/b14-10+. The average molecular weight is 346 g/mol. The van der Waals surface area contributed by atoms with Crippen molar-refractivity contribution in [2.24, 2.45) is 0 Å². The van der Waals surface area contributed by atoms with Crippen LogP contribution in [0, 0.1) is 11.3 Å². The number of hydrogen-bond acceptors (Lipinski definition) is 5. The van der Waals surface area contributed by atoms with Crippen LogP contribution in [0.3, 0.4) is 0 Å². The molecule has 1 atom stereocenters. The molecule has 126 valence electrons. The molecular weight excluding hydrogens is 328 g/mol. The van der Waals surface area contributed by atoms with E-state index in [4.69, 9.17) is 4.74 Å². The Bertz CT molecular complexity index is 789. The van der Waals surface area contributed by atoms with E-state index in [9.17, 15) is 18.5 Å². The smallest absolute Gasteiger partial charge is 0.262 e. The summed E-state index contributed by atoms with van der Waals surface area (Å²) in [6, 6.07) is 8.32. The van der Waals surface area contributed by atoms with Gasteiger partial charge in [0.25, 0.3) is 5.91 Å². The zero-order chi connectivity index (χ0) is 17.6. The summed E-state index contributed by atoms with van der Waals surface area (Å²) in [5, 5.41) is 11.8. The maximum absolute atomic E-state index is 12.1. The maximum Gasteiger partial charge on any atom is 0.262 e. The zero-order valence-corrected chi connectivity index (χ0v) is 13.9. The van der Waals surface area contributed by atoms with Crippen molar-refractivity contribution in [1.29, 1.82) is 5.26 Å². The first-order valence-electron chi connectivity index (χ1n) is 7.40. The number of sulfone groups is 1. The van der Waals surface area contributed by atoms with E-state index in [2.05, 4.69) is 11.9 Å². The van der Waals surface area contributed by atoms with Gasteiger partial charge in [-0.05, 0) is 30.2 Å². The van der Waals surface area contributed by atoms with Crippen molar-refractivity contribution in [2.45, 2.75) is 12.5 Å². The lowest BCUT2D eigenvalue weighted by Gasteiger charge is -2.10. The molecule has 6 nitrogen and oxygen atoms in total. The van der Waals surface area contributed by atoms with Gasteiger partial charge in [0, 0.05) is 6.04 Å². The summed E-state index contributed by atoms with van der Waals surface area (Å²) in [4.78, 5) is 12.1. The van der Waals surface area contributed by atoms with Crippen LogP contribution in [0.5, 0.6) is 5.75 Å². The minimum atomic E-state index is -3.08. The number of rotatable bonds is 6. The lowest BCUT2D eigenvalue weighted by molar-refractivity contribution is -0.117. The van der Waals surface area contributed by atoms with E-state index in [1.54, 1.807) is 30.3 Å². The summed E-state index contributed by atoms with van der Waals surface area (Å²) in [5.74, 6) is 0.0837. The van der Waals surface area contributed by atoms with Gasteiger partial charge in [0.2, 0.25) is 0 Å². The van der Waals surface area contributed by atoms with Gasteiger partial charge in [-0.1, -0.05) is 24.8 Å². The van der Waals surface area contributed by atoms with Crippen LogP contribution in [0.15, 0.2) is 42.5 Å². The molecule has 0 aromatic heterocycles. The number of nitrogens with one attached hydrogen (secondary N) is 1. The highest BCUT2D eigenvalue weighted by molar-refractivity contribution is 7.91. The van der Waals surface area contributed by atoms with Gasteiger partial charge in [0.05, 0.1) is 11.5 Å². The number of carbonyl (C=O) groups is 1. The summed E-state index contributed by atoms with van der Waals surface area (Å²) in [6.07, 6.45) is 3.47. The third-order valence-electron chi connectivity index (χ3n) is 3.49. The van der Waals surface area contributed by atoms with E-state index in [1.807, 2.05) is 6.07 Å². The van der Waals surface area contributed by atoms with Gasteiger partial charge in [0.15, 0.2) is 9.84 Å². The first-order chi connectivity index (χ1) is 11.4. The third-order valence-corrected chi connectivity index (χ3v) is 5.26. The fraction of sp³-hybridized carbons (Fsp3) is 0.294. The van der Waals surface area contributed by atoms with Crippen LogP contribution in [0.1, 0.15) is 12.0 Å². The van der Waals surface area contributed by atoms with Gasteiger partial charge in [0.1, 0.15) is 24.0 Å². The Morgan fingerprint density at radius 3 is 2.67 bits per heavy atom. The number of carbonyl (C=O) groups excluding carboxylic acids is 1. The molecule has 0 saturated carbocycles. The zero-order valence-electron chi connectivity index (χ0n) is 13.1. The van der Waals surface area contributed by atoms with Gasteiger partial charge in [-0.2, -0.15) is 5.26 Å². The number of nitrogens with zero attached hydrogens (tertiary/aromatic N) is 1. The van der Waals surface area contributed by atoms with Crippen LogP contribution >= 0.6 is 0 Å². The van der Waals surface area contributed by atoms with Crippen molar-refractivity contribution in [1.82, 2.24) is 5.32 Å². The molecule has 1 amide bonds. The first-order valence-corrected chi connectivity index (χ1v) is 9.22. The second-order valence-corrected chi connectivity index (χ2v) is 7.64. The Hall–Kier alpha value is -2.59. The minimum Gasteiger partial charge on any atom is -0.490 e. The van der Waals surface area contributed by atoms with E-state index in [1.165, 1.54) is 6.08 Å². The van der Waals surface area contributed by atoms with E-state index < -0.39 is 21.8 Å².